The van der Waals surface area contributed by atoms with Gasteiger partial charge in [0, 0.05) is 29.0 Å². The van der Waals surface area contributed by atoms with E-state index in [0.717, 1.165) is 29.7 Å². The smallest absolute Gasteiger partial charge is 0.258 e. The van der Waals surface area contributed by atoms with E-state index < -0.39 is 0 Å². The second kappa shape index (κ2) is 7.69. The number of nitrogens with one attached hydrogen (secondary N) is 1. The second-order valence-electron chi connectivity index (χ2n) is 7.09. The molecule has 0 bridgehead atoms. The average molecular weight is 370 g/mol. The molecule has 1 aliphatic rings. The van der Waals surface area contributed by atoms with Crippen LogP contribution in [0, 0.1) is 6.92 Å². The molecule has 0 fully saturated rings. The van der Waals surface area contributed by atoms with Crippen LogP contribution in [0.2, 0.25) is 0 Å². The molecule has 0 saturated carbocycles. The molecule has 0 unspecified atom stereocenters. The van der Waals surface area contributed by atoms with E-state index in [-0.39, 0.29) is 11.8 Å². The fourth-order valence-corrected chi connectivity index (χ4v) is 3.59. The predicted octanol–water partition coefficient (Wildman–Crippen LogP) is 4.84. The summed E-state index contributed by atoms with van der Waals surface area (Å²) in [5.74, 6) is -0.163. The molecular weight excluding hydrogens is 348 g/mol. The molecule has 0 aliphatic carbocycles. The lowest BCUT2D eigenvalue weighted by molar-refractivity contribution is 0.0984. The minimum atomic E-state index is -0.152. The molecule has 1 heterocycles. The van der Waals surface area contributed by atoms with Crippen LogP contribution in [0.5, 0.6) is 0 Å². The third-order valence-electron chi connectivity index (χ3n) is 5.01. The summed E-state index contributed by atoms with van der Waals surface area (Å²) in [6, 6.07) is 22.6. The quantitative estimate of drug-likeness (QED) is 0.717. The van der Waals surface area contributed by atoms with Crippen LogP contribution in [0.1, 0.15) is 38.3 Å². The molecule has 0 radical (unpaired) electrons. The number of aryl methyl sites for hydroxylation is 2. The number of anilines is 2. The molecule has 4 rings (SSSR count). The van der Waals surface area contributed by atoms with Crippen LogP contribution in [0.4, 0.5) is 11.4 Å². The highest BCUT2D eigenvalue weighted by Gasteiger charge is 2.24. The fourth-order valence-electron chi connectivity index (χ4n) is 3.59. The van der Waals surface area contributed by atoms with Gasteiger partial charge in [-0.2, -0.15) is 0 Å². The molecule has 4 nitrogen and oxygen atoms in total. The molecule has 28 heavy (non-hydrogen) atoms. The van der Waals surface area contributed by atoms with Crippen LogP contribution in [-0.4, -0.2) is 18.4 Å². The molecule has 4 heteroatoms. The van der Waals surface area contributed by atoms with Crippen molar-refractivity contribution in [3.63, 3.8) is 0 Å². The maximum atomic E-state index is 13.0. The summed E-state index contributed by atoms with van der Waals surface area (Å²) in [7, 11) is 0. The number of nitrogens with zero attached hydrogens (tertiary/aromatic N) is 1. The summed E-state index contributed by atoms with van der Waals surface area (Å²) < 4.78 is 0. The summed E-state index contributed by atoms with van der Waals surface area (Å²) >= 11 is 0. The first-order valence-corrected chi connectivity index (χ1v) is 9.50. The Kier molecular flexibility index (Phi) is 4.94. The lowest BCUT2D eigenvalue weighted by Crippen LogP contribution is -2.35. The second-order valence-corrected chi connectivity index (χ2v) is 7.09. The minimum absolute atomic E-state index is 0.0105. The van der Waals surface area contributed by atoms with Crippen molar-refractivity contribution in [3.8, 4) is 0 Å². The van der Waals surface area contributed by atoms with Gasteiger partial charge in [-0.25, -0.2) is 0 Å². The lowest BCUT2D eigenvalue weighted by atomic mass is 10.00. The van der Waals surface area contributed by atoms with Crippen molar-refractivity contribution in [2.45, 2.75) is 19.8 Å². The van der Waals surface area contributed by atoms with Crippen molar-refractivity contribution in [1.29, 1.82) is 0 Å². The van der Waals surface area contributed by atoms with E-state index in [2.05, 4.69) is 5.32 Å². The van der Waals surface area contributed by atoms with Crippen molar-refractivity contribution in [2.75, 3.05) is 16.8 Å². The van der Waals surface area contributed by atoms with Crippen LogP contribution >= 0.6 is 0 Å². The van der Waals surface area contributed by atoms with Gasteiger partial charge in [0.05, 0.1) is 0 Å². The zero-order valence-corrected chi connectivity index (χ0v) is 15.8. The van der Waals surface area contributed by atoms with Crippen LogP contribution in [0.25, 0.3) is 0 Å². The number of rotatable bonds is 3. The SMILES string of the molecule is Cc1cccc(C(=O)Nc2ccc3c(c2)N(C(=O)c2ccccc2)CCC3)c1. The highest BCUT2D eigenvalue weighted by atomic mass is 16.2. The van der Waals surface area contributed by atoms with E-state index >= 15 is 0 Å². The highest BCUT2D eigenvalue weighted by molar-refractivity contribution is 6.08. The largest absolute Gasteiger partial charge is 0.322 e. The van der Waals surface area contributed by atoms with E-state index in [0.29, 0.717) is 23.4 Å². The van der Waals surface area contributed by atoms with Gasteiger partial charge in [-0.15, -0.1) is 0 Å². The Hall–Kier alpha value is -3.40. The molecule has 3 aromatic rings. The van der Waals surface area contributed by atoms with Gasteiger partial charge < -0.3 is 10.2 Å². The number of carbonyl (C=O) groups is 2. The number of fused-ring (bicyclic) bond motifs is 1. The summed E-state index contributed by atoms with van der Waals surface area (Å²) in [6.07, 6.45) is 1.86. The molecule has 1 aliphatic heterocycles. The van der Waals surface area contributed by atoms with Gasteiger partial charge in [0.15, 0.2) is 0 Å². The molecule has 0 saturated heterocycles. The monoisotopic (exact) mass is 370 g/mol. The van der Waals surface area contributed by atoms with E-state index in [1.54, 1.807) is 6.07 Å². The minimum Gasteiger partial charge on any atom is -0.322 e. The standard InChI is InChI=1S/C24H22N2O2/c1-17-7-5-10-20(15-17)23(27)25-21-13-12-18-11-6-14-26(22(18)16-21)24(28)19-8-3-2-4-9-19/h2-5,7-10,12-13,15-16H,6,11,14H2,1H3,(H,25,27). The average Bonchev–Trinajstić information content (AvgIpc) is 2.73. The zero-order chi connectivity index (χ0) is 19.5. The number of amides is 2. The summed E-state index contributed by atoms with van der Waals surface area (Å²) in [6.45, 7) is 2.64. The Bertz CT molecular complexity index is 1030. The molecule has 3 aromatic carbocycles. The van der Waals surface area contributed by atoms with Crippen molar-refractivity contribution in [2.24, 2.45) is 0 Å². The highest BCUT2D eigenvalue weighted by Crippen LogP contribution is 2.31. The predicted molar refractivity (Wildman–Crippen MR) is 112 cm³/mol. The topological polar surface area (TPSA) is 49.4 Å². The van der Waals surface area contributed by atoms with Gasteiger partial charge in [-0.05, 0) is 61.7 Å². The van der Waals surface area contributed by atoms with Gasteiger partial charge in [0.2, 0.25) is 0 Å². The van der Waals surface area contributed by atoms with Gasteiger partial charge in [-0.3, -0.25) is 9.59 Å². The molecular formula is C24H22N2O2. The van der Waals surface area contributed by atoms with E-state index in [4.69, 9.17) is 0 Å². The number of hydrogen-bond donors (Lipinski definition) is 1. The maximum absolute atomic E-state index is 13.0. The normalized spacial score (nSPS) is 13.0. The van der Waals surface area contributed by atoms with Crippen LogP contribution in [0.3, 0.4) is 0 Å². The third kappa shape index (κ3) is 3.67. The van der Waals surface area contributed by atoms with E-state index in [1.807, 2.05) is 78.6 Å². The first-order valence-electron chi connectivity index (χ1n) is 9.50. The molecule has 0 atom stereocenters. The maximum Gasteiger partial charge on any atom is 0.258 e. The Balaban J connectivity index is 1.61. The summed E-state index contributed by atoms with van der Waals surface area (Å²) in [4.78, 5) is 27.4. The molecule has 2 amide bonds. The van der Waals surface area contributed by atoms with Crippen LogP contribution in [-0.2, 0) is 6.42 Å². The van der Waals surface area contributed by atoms with Crippen LogP contribution < -0.4 is 10.2 Å². The number of benzene rings is 3. The zero-order valence-electron chi connectivity index (χ0n) is 15.8. The van der Waals surface area contributed by atoms with Crippen molar-refractivity contribution in [3.05, 3.63) is 95.1 Å². The van der Waals surface area contributed by atoms with Gasteiger partial charge in [-0.1, -0.05) is 42.0 Å². The third-order valence-corrected chi connectivity index (χ3v) is 5.01. The molecule has 0 spiro atoms. The first kappa shape index (κ1) is 18.0. The van der Waals surface area contributed by atoms with Gasteiger partial charge in [0.1, 0.15) is 0 Å². The van der Waals surface area contributed by atoms with Crippen molar-refractivity contribution >= 4 is 23.2 Å². The van der Waals surface area contributed by atoms with E-state index in [1.165, 1.54) is 0 Å². The molecule has 140 valence electrons. The molecule has 1 N–H and O–H groups in total. The molecule has 0 aromatic heterocycles. The fraction of sp³-hybridized carbons (Fsp3) is 0.167. The van der Waals surface area contributed by atoms with E-state index in [9.17, 15) is 9.59 Å². The lowest BCUT2D eigenvalue weighted by Gasteiger charge is -2.30. The summed E-state index contributed by atoms with van der Waals surface area (Å²) in [5.41, 5.74) is 5.03. The van der Waals surface area contributed by atoms with Crippen molar-refractivity contribution in [1.82, 2.24) is 0 Å². The Morgan fingerprint density at radius 2 is 1.68 bits per heavy atom. The Morgan fingerprint density at radius 3 is 2.46 bits per heavy atom. The number of carbonyl (C=O) groups excluding carboxylic acids is 2. The Morgan fingerprint density at radius 1 is 0.893 bits per heavy atom. The van der Waals surface area contributed by atoms with Gasteiger partial charge in [0.25, 0.3) is 11.8 Å². The van der Waals surface area contributed by atoms with Gasteiger partial charge >= 0.3 is 0 Å². The Labute approximate surface area is 164 Å². The number of hydrogen-bond acceptors (Lipinski definition) is 2. The summed E-state index contributed by atoms with van der Waals surface area (Å²) in [5, 5.41) is 2.96. The first-order chi connectivity index (χ1) is 13.6. The van der Waals surface area contributed by atoms with Crippen molar-refractivity contribution < 1.29 is 9.59 Å². The van der Waals surface area contributed by atoms with Crippen LogP contribution in [0.15, 0.2) is 72.8 Å².